The second-order valence-corrected chi connectivity index (χ2v) is 8.60. The van der Waals surface area contributed by atoms with E-state index in [2.05, 4.69) is 35.8 Å². The van der Waals surface area contributed by atoms with Crippen LogP contribution in [0.15, 0.2) is 18.3 Å². The number of H-pyrrole nitrogens is 1. The van der Waals surface area contributed by atoms with E-state index >= 15 is 0 Å². The summed E-state index contributed by atoms with van der Waals surface area (Å²) < 4.78 is 22.7. The van der Waals surface area contributed by atoms with Gasteiger partial charge in [0, 0.05) is 32.0 Å². The molecule has 0 radical (unpaired) electrons. The summed E-state index contributed by atoms with van der Waals surface area (Å²) in [6.45, 7) is 7.37. The van der Waals surface area contributed by atoms with Crippen LogP contribution in [0.5, 0.6) is 0 Å². The SMILES string of the molecule is CCN(CCCN(C)C)c1cc2nc(-c3nn(C4CCCCO4)cc3C)[nH]c2cc1F. The molecule has 168 valence electrons. The summed E-state index contributed by atoms with van der Waals surface area (Å²) in [5.74, 6) is 0.432. The quantitative estimate of drug-likeness (QED) is 0.578. The maximum absolute atomic E-state index is 14.9. The molecule has 4 rings (SSSR count). The second kappa shape index (κ2) is 9.36. The van der Waals surface area contributed by atoms with E-state index in [-0.39, 0.29) is 12.0 Å². The Kier molecular flexibility index (Phi) is 6.57. The molecule has 7 nitrogen and oxygen atoms in total. The number of halogens is 1. The van der Waals surface area contributed by atoms with E-state index in [4.69, 9.17) is 14.8 Å². The van der Waals surface area contributed by atoms with Crippen molar-refractivity contribution >= 4 is 16.7 Å². The molecule has 1 unspecified atom stereocenters. The van der Waals surface area contributed by atoms with Gasteiger partial charge in [-0.25, -0.2) is 14.1 Å². The highest BCUT2D eigenvalue weighted by Gasteiger charge is 2.21. The van der Waals surface area contributed by atoms with Crippen LogP contribution in [0.3, 0.4) is 0 Å². The minimum Gasteiger partial charge on any atom is -0.369 e. The molecule has 31 heavy (non-hydrogen) atoms. The molecule has 0 bridgehead atoms. The molecular weight excluding hydrogens is 395 g/mol. The molecule has 1 N–H and O–H groups in total. The molecule has 0 aliphatic carbocycles. The Labute approximate surface area is 183 Å². The Morgan fingerprint density at radius 2 is 2.10 bits per heavy atom. The van der Waals surface area contributed by atoms with Crippen molar-refractivity contribution in [3.63, 3.8) is 0 Å². The molecule has 1 aliphatic rings. The first-order chi connectivity index (χ1) is 15.0. The predicted molar refractivity (Wildman–Crippen MR) is 122 cm³/mol. The lowest BCUT2D eigenvalue weighted by Crippen LogP contribution is -2.27. The Balaban J connectivity index is 1.60. The van der Waals surface area contributed by atoms with Gasteiger partial charge in [0.25, 0.3) is 0 Å². The fourth-order valence-electron chi connectivity index (χ4n) is 4.20. The number of aromatic nitrogens is 4. The molecule has 3 heterocycles. The maximum atomic E-state index is 14.9. The molecule has 1 fully saturated rings. The van der Waals surface area contributed by atoms with Crippen LogP contribution in [0.4, 0.5) is 10.1 Å². The summed E-state index contributed by atoms with van der Waals surface area (Å²) in [6, 6.07) is 3.40. The van der Waals surface area contributed by atoms with Gasteiger partial charge >= 0.3 is 0 Å². The summed E-state index contributed by atoms with van der Waals surface area (Å²) in [5.41, 5.74) is 3.84. The lowest BCUT2D eigenvalue weighted by Gasteiger charge is -2.24. The van der Waals surface area contributed by atoms with E-state index in [1.54, 1.807) is 6.07 Å². The summed E-state index contributed by atoms with van der Waals surface area (Å²) in [5, 5.41) is 4.74. The first-order valence-electron chi connectivity index (χ1n) is 11.2. The number of benzene rings is 1. The van der Waals surface area contributed by atoms with E-state index in [0.717, 1.165) is 68.7 Å². The van der Waals surface area contributed by atoms with Gasteiger partial charge < -0.3 is 19.5 Å². The average molecular weight is 429 g/mol. The van der Waals surface area contributed by atoms with Gasteiger partial charge in [0.15, 0.2) is 5.82 Å². The number of aryl methyl sites for hydroxylation is 1. The minimum absolute atomic E-state index is 0.0186. The first-order valence-corrected chi connectivity index (χ1v) is 11.2. The van der Waals surface area contributed by atoms with Gasteiger partial charge in [-0.3, -0.25) is 0 Å². The fourth-order valence-corrected chi connectivity index (χ4v) is 4.20. The predicted octanol–water partition coefficient (Wildman–Crippen LogP) is 4.35. The number of hydrogen-bond acceptors (Lipinski definition) is 5. The molecule has 0 saturated carbocycles. The van der Waals surface area contributed by atoms with E-state index in [9.17, 15) is 4.39 Å². The van der Waals surface area contributed by atoms with Crippen LogP contribution in [0.2, 0.25) is 0 Å². The van der Waals surface area contributed by atoms with Crippen LogP contribution in [0.1, 0.15) is 44.4 Å². The molecule has 8 heteroatoms. The Morgan fingerprint density at radius 1 is 1.26 bits per heavy atom. The van der Waals surface area contributed by atoms with Gasteiger partial charge in [0.2, 0.25) is 0 Å². The average Bonchev–Trinajstić information content (AvgIpc) is 3.34. The van der Waals surface area contributed by atoms with E-state index in [1.165, 1.54) is 0 Å². The monoisotopic (exact) mass is 428 g/mol. The topological polar surface area (TPSA) is 62.2 Å². The van der Waals surface area contributed by atoms with Crippen LogP contribution in [-0.4, -0.2) is 65.0 Å². The zero-order valence-corrected chi connectivity index (χ0v) is 19.0. The van der Waals surface area contributed by atoms with E-state index in [1.807, 2.05) is 23.9 Å². The van der Waals surface area contributed by atoms with Gasteiger partial charge in [-0.15, -0.1) is 0 Å². The molecule has 1 atom stereocenters. The number of aromatic amines is 1. The standard InChI is InChI=1S/C23H33FN6O/c1-5-29(11-8-10-28(3)4)20-14-19-18(13-17(20)24)25-23(26-19)22-16(2)15-30(27-22)21-9-6-7-12-31-21/h13-15,21H,5-12H2,1-4H3,(H,25,26). The lowest BCUT2D eigenvalue weighted by molar-refractivity contribution is -0.0394. The van der Waals surface area contributed by atoms with Crippen molar-refractivity contribution in [2.75, 3.05) is 45.2 Å². The second-order valence-electron chi connectivity index (χ2n) is 8.60. The molecule has 3 aromatic rings. The Bertz CT molecular complexity index is 1020. The molecular formula is C23H33FN6O. The third-order valence-corrected chi connectivity index (χ3v) is 5.90. The summed E-state index contributed by atoms with van der Waals surface area (Å²) in [4.78, 5) is 12.2. The highest BCUT2D eigenvalue weighted by molar-refractivity contribution is 5.83. The number of hydrogen-bond donors (Lipinski definition) is 1. The number of anilines is 1. The van der Waals surface area contributed by atoms with Crippen LogP contribution in [-0.2, 0) is 4.74 Å². The van der Waals surface area contributed by atoms with Gasteiger partial charge in [0.1, 0.15) is 17.7 Å². The first kappa shape index (κ1) is 21.8. The maximum Gasteiger partial charge on any atom is 0.159 e. The molecule has 1 aliphatic heterocycles. The van der Waals surface area contributed by atoms with Crippen molar-refractivity contribution in [1.29, 1.82) is 0 Å². The van der Waals surface area contributed by atoms with Crippen LogP contribution < -0.4 is 4.90 Å². The summed E-state index contributed by atoms with van der Waals surface area (Å²) >= 11 is 0. The number of nitrogens with zero attached hydrogens (tertiary/aromatic N) is 5. The highest BCUT2D eigenvalue weighted by atomic mass is 19.1. The molecule has 2 aromatic heterocycles. The van der Waals surface area contributed by atoms with Crippen molar-refractivity contribution in [3.8, 4) is 11.5 Å². The van der Waals surface area contributed by atoms with Crippen molar-refractivity contribution in [3.05, 3.63) is 29.7 Å². The third-order valence-electron chi connectivity index (χ3n) is 5.90. The smallest absolute Gasteiger partial charge is 0.159 e. The van der Waals surface area contributed by atoms with Crippen LogP contribution >= 0.6 is 0 Å². The molecule has 0 amide bonds. The normalized spacial score (nSPS) is 17.0. The number of rotatable bonds is 8. The molecule has 1 saturated heterocycles. The summed E-state index contributed by atoms with van der Waals surface area (Å²) in [7, 11) is 4.11. The molecule has 1 aromatic carbocycles. The zero-order chi connectivity index (χ0) is 22.0. The number of nitrogens with one attached hydrogen (secondary N) is 1. The Hall–Kier alpha value is -2.45. The number of ether oxygens (including phenoxy) is 1. The minimum atomic E-state index is -0.229. The van der Waals surface area contributed by atoms with E-state index in [0.29, 0.717) is 17.0 Å². The van der Waals surface area contributed by atoms with Crippen molar-refractivity contribution < 1.29 is 9.13 Å². The van der Waals surface area contributed by atoms with Crippen molar-refractivity contribution in [2.45, 2.75) is 45.8 Å². The Morgan fingerprint density at radius 3 is 2.81 bits per heavy atom. The van der Waals surface area contributed by atoms with Crippen LogP contribution in [0, 0.1) is 12.7 Å². The van der Waals surface area contributed by atoms with Gasteiger partial charge in [-0.05, 0) is 71.8 Å². The molecule has 0 spiro atoms. The number of fused-ring (bicyclic) bond motifs is 1. The van der Waals surface area contributed by atoms with Gasteiger partial charge in [-0.1, -0.05) is 0 Å². The highest BCUT2D eigenvalue weighted by Crippen LogP contribution is 2.30. The van der Waals surface area contributed by atoms with Crippen LogP contribution in [0.25, 0.3) is 22.6 Å². The zero-order valence-electron chi connectivity index (χ0n) is 19.0. The van der Waals surface area contributed by atoms with Crippen molar-refractivity contribution in [2.24, 2.45) is 0 Å². The third kappa shape index (κ3) is 4.75. The lowest BCUT2D eigenvalue weighted by atomic mass is 10.2. The van der Waals surface area contributed by atoms with Gasteiger partial charge in [-0.2, -0.15) is 5.10 Å². The number of imidazole rings is 1. The van der Waals surface area contributed by atoms with Gasteiger partial charge in [0.05, 0.1) is 16.7 Å². The largest absolute Gasteiger partial charge is 0.369 e. The van der Waals surface area contributed by atoms with Crippen molar-refractivity contribution in [1.82, 2.24) is 24.6 Å². The fraction of sp³-hybridized carbons (Fsp3) is 0.565. The van der Waals surface area contributed by atoms with E-state index < -0.39 is 0 Å². The summed E-state index contributed by atoms with van der Waals surface area (Å²) in [6.07, 6.45) is 6.18.